The van der Waals surface area contributed by atoms with Crippen molar-refractivity contribution in [3.63, 3.8) is 0 Å². The molecule has 1 unspecified atom stereocenters. The zero-order valence-corrected chi connectivity index (χ0v) is 10.3. The molecule has 1 aromatic rings. The van der Waals surface area contributed by atoms with Crippen molar-refractivity contribution in [2.75, 3.05) is 12.5 Å². The molecule has 0 saturated carbocycles. The SMILES string of the molecule is [2H]C(O)(CCl)COS(=O)(=O)c1ccc(C)cc1. The first-order chi connectivity index (χ1) is 7.77. The Balaban J connectivity index is 2.79. The fourth-order valence-electron chi connectivity index (χ4n) is 0.957. The molecule has 0 bridgehead atoms. The monoisotopic (exact) mass is 265 g/mol. The Hall–Kier alpha value is -0.620. The van der Waals surface area contributed by atoms with Gasteiger partial charge in [0.15, 0.2) is 0 Å². The number of alkyl halides is 1. The van der Waals surface area contributed by atoms with E-state index in [1.165, 1.54) is 12.1 Å². The first-order valence-electron chi connectivity index (χ1n) is 5.01. The summed E-state index contributed by atoms with van der Waals surface area (Å²) in [5.74, 6) is -0.434. The van der Waals surface area contributed by atoms with Gasteiger partial charge in [0.05, 0.1) is 24.8 Å². The molecule has 0 heterocycles. The van der Waals surface area contributed by atoms with Gasteiger partial charge in [-0.15, -0.1) is 11.6 Å². The van der Waals surface area contributed by atoms with Crippen molar-refractivity contribution >= 4 is 21.7 Å². The minimum atomic E-state index is -3.96. The number of hydrogen-bond acceptors (Lipinski definition) is 4. The molecule has 16 heavy (non-hydrogen) atoms. The second-order valence-corrected chi connectivity index (χ2v) is 5.11. The highest BCUT2D eigenvalue weighted by molar-refractivity contribution is 7.86. The van der Waals surface area contributed by atoms with Gasteiger partial charge in [-0.3, -0.25) is 4.18 Å². The third-order valence-corrected chi connectivity index (χ3v) is 3.43. The number of rotatable bonds is 5. The van der Waals surface area contributed by atoms with E-state index in [2.05, 4.69) is 4.18 Å². The number of aliphatic hydroxyl groups is 1. The lowest BCUT2D eigenvalue weighted by Crippen LogP contribution is -2.20. The number of aryl methyl sites for hydroxylation is 1. The Labute approximate surface area is 101 Å². The van der Waals surface area contributed by atoms with Crippen molar-refractivity contribution in [2.45, 2.75) is 17.9 Å². The molecule has 4 nitrogen and oxygen atoms in total. The van der Waals surface area contributed by atoms with Crippen LogP contribution < -0.4 is 0 Å². The molecule has 0 aliphatic rings. The van der Waals surface area contributed by atoms with Gasteiger partial charge >= 0.3 is 0 Å². The molecule has 0 aliphatic carbocycles. The highest BCUT2D eigenvalue weighted by Gasteiger charge is 2.16. The summed E-state index contributed by atoms with van der Waals surface area (Å²) in [6.07, 6.45) is -2.11. The van der Waals surface area contributed by atoms with Gasteiger partial charge in [-0.2, -0.15) is 8.42 Å². The van der Waals surface area contributed by atoms with E-state index < -0.39 is 28.7 Å². The van der Waals surface area contributed by atoms with Crippen LogP contribution in [0.4, 0.5) is 0 Å². The predicted molar refractivity (Wildman–Crippen MR) is 61.0 cm³/mol. The van der Waals surface area contributed by atoms with Crippen LogP contribution >= 0.6 is 11.6 Å². The maximum atomic E-state index is 11.6. The zero-order valence-electron chi connectivity index (χ0n) is 9.68. The molecule has 0 saturated heterocycles. The molecule has 90 valence electrons. The summed E-state index contributed by atoms with van der Waals surface area (Å²) in [5, 5.41) is 9.22. The van der Waals surface area contributed by atoms with Gasteiger partial charge < -0.3 is 5.11 Å². The largest absolute Gasteiger partial charge is 0.389 e. The zero-order chi connectivity index (χ0) is 13.1. The fourth-order valence-corrected chi connectivity index (χ4v) is 1.93. The molecule has 1 rings (SSSR count). The van der Waals surface area contributed by atoms with Gasteiger partial charge in [0.1, 0.15) is 0 Å². The number of hydrogen-bond donors (Lipinski definition) is 1. The van der Waals surface area contributed by atoms with Crippen molar-refractivity contribution in [2.24, 2.45) is 0 Å². The van der Waals surface area contributed by atoms with Gasteiger partial charge in [0.25, 0.3) is 10.1 Å². The van der Waals surface area contributed by atoms with Gasteiger partial charge in [-0.05, 0) is 19.1 Å². The van der Waals surface area contributed by atoms with Crippen LogP contribution in [0.2, 0.25) is 0 Å². The van der Waals surface area contributed by atoms with Crippen LogP contribution in [0, 0.1) is 6.92 Å². The van der Waals surface area contributed by atoms with E-state index in [-0.39, 0.29) is 4.90 Å². The molecule has 0 radical (unpaired) electrons. The van der Waals surface area contributed by atoms with Gasteiger partial charge in [0.2, 0.25) is 0 Å². The third kappa shape index (κ3) is 3.75. The minimum Gasteiger partial charge on any atom is -0.389 e. The first kappa shape index (κ1) is 11.9. The van der Waals surface area contributed by atoms with E-state index >= 15 is 0 Å². The van der Waals surface area contributed by atoms with E-state index in [0.29, 0.717) is 0 Å². The number of benzene rings is 1. The first-order valence-corrected chi connectivity index (χ1v) is 6.45. The highest BCUT2D eigenvalue weighted by atomic mass is 35.5. The van der Waals surface area contributed by atoms with Crippen LogP contribution in [0.15, 0.2) is 29.2 Å². The molecule has 0 aromatic heterocycles. The lowest BCUT2D eigenvalue weighted by Gasteiger charge is -2.08. The van der Waals surface area contributed by atoms with Crippen molar-refractivity contribution < 1.29 is 19.1 Å². The van der Waals surface area contributed by atoms with Gasteiger partial charge in [-0.25, -0.2) is 0 Å². The molecule has 1 atom stereocenters. The molecule has 1 N–H and O–H groups in total. The number of halogens is 1. The van der Waals surface area contributed by atoms with E-state index in [9.17, 15) is 13.5 Å². The van der Waals surface area contributed by atoms with E-state index in [1.54, 1.807) is 12.1 Å². The van der Waals surface area contributed by atoms with Crippen LogP contribution in [0.5, 0.6) is 0 Å². The van der Waals surface area contributed by atoms with Crippen LogP contribution in [-0.2, 0) is 14.3 Å². The van der Waals surface area contributed by atoms with E-state index in [4.69, 9.17) is 13.0 Å². The Morgan fingerprint density at radius 3 is 2.56 bits per heavy atom. The minimum absolute atomic E-state index is 0.0199. The molecule has 0 amide bonds. The summed E-state index contributed by atoms with van der Waals surface area (Å²) in [7, 11) is -3.96. The lowest BCUT2D eigenvalue weighted by molar-refractivity contribution is 0.128. The van der Waals surface area contributed by atoms with Crippen molar-refractivity contribution in [3.05, 3.63) is 29.8 Å². The van der Waals surface area contributed by atoms with E-state index in [1.807, 2.05) is 6.92 Å². The Morgan fingerprint density at radius 1 is 1.50 bits per heavy atom. The topological polar surface area (TPSA) is 63.6 Å². The van der Waals surface area contributed by atoms with Crippen molar-refractivity contribution in [1.29, 1.82) is 0 Å². The third-order valence-electron chi connectivity index (χ3n) is 1.84. The summed E-state index contributed by atoms with van der Waals surface area (Å²) in [6, 6.07) is 6.05. The van der Waals surface area contributed by atoms with Crippen LogP contribution in [0.3, 0.4) is 0 Å². The maximum Gasteiger partial charge on any atom is 0.297 e. The quantitative estimate of drug-likeness (QED) is 0.644. The summed E-state index contributed by atoms with van der Waals surface area (Å²) in [6.45, 7) is 1.13. The van der Waals surface area contributed by atoms with Gasteiger partial charge in [-0.1, -0.05) is 17.7 Å². The molecule has 1 aromatic carbocycles. The summed E-state index contributed by atoms with van der Waals surface area (Å²) < 4.78 is 35.0. The van der Waals surface area contributed by atoms with E-state index in [0.717, 1.165) is 5.56 Å². The standard InChI is InChI=1S/C10H13ClO4S/c1-8-2-4-10(5-3-8)16(13,14)15-7-9(12)6-11/h2-5,9,12H,6-7H2,1H3/i9D. The van der Waals surface area contributed by atoms with Crippen LogP contribution in [-0.4, -0.2) is 32.1 Å². The lowest BCUT2D eigenvalue weighted by atomic mass is 10.2. The molecule has 6 heteroatoms. The predicted octanol–water partition coefficient (Wildman–Crippen LogP) is 1.30. The molecular formula is C10H13ClO4S. The molecule has 0 aliphatic heterocycles. The normalized spacial score (nSPS) is 16.6. The summed E-state index contributed by atoms with van der Waals surface area (Å²) >= 11 is 5.28. The second-order valence-electron chi connectivity index (χ2n) is 3.23. The Bertz CT molecular complexity index is 470. The van der Waals surface area contributed by atoms with Crippen molar-refractivity contribution in [3.8, 4) is 0 Å². The summed E-state index contributed by atoms with van der Waals surface area (Å²) in [5.41, 5.74) is 0.918. The average molecular weight is 266 g/mol. The molecule has 0 spiro atoms. The van der Waals surface area contributed by atoms with Gasteiger partial charge in [0, 0.05) is 0 Å². The maximum absolute atomic E-state index is 11.6. The smallest absolute Gasteiger partial charge is 0.297 e. The Morgan fingerprint density at radius 2 is 2.06 bits per heavy atom. The molecule has 0 fully saturated rings. The fraction of sp³-hybridized carbons (Fsp3) is 0.400. The van der Waals surface area contributed by atoms with Crippen molar-refractivity contribution in [1.82, 2.24) is 0 Å². The molecular weight excluding hydrogens is 252 g/mol. The second kappa shape index (κ2) is 5.63. The highest BCUT2D eigenvalue weighted by Crippen LogP contribution is 2.13. The van der Waals surface area contributed by atoms with Crippen LogP contribution in [0.25, 0.3) is 0 Å². The van der Waals surface area contributed by atoms with Crippen LogP contribution in [0.1, 0.15) is 6.93 Å². The average Bonchev–Trinajstić information content (AvgIpc) is 2.27. The Kier molecular flexibility index (Phi) is 4.17. The summed E-state index contributed by atoms with van der Waals surface area (Å²) in [4.78, 5) is -0.0199.